The van der Waals surface area contributed by atoms with Crippen LogP contribution in [0.2, 0.25) is 0 Å². The molecule has 0 fully saturated rings. The summed E-state index contributed by atoms with van der Waals surface area (Å²) in [7, 11) is -3.40. The van der Waals surface area contributed by atoms with Gasteiger partial charge in [0.15, 0.2) is 5.44 Å². The van der Waals surface area contributed by atoms with E-state index in [1.54, 1.807) is 10.6 Å². The van der Waals surface area contributed by atoms with Gasteiger partial charge in [-0.25, -0.2) is 4.98 Å². The van der Waals surface area contributed by atoms with Gasteiger partial charge in [0.25, 0.3) is 0 Å². The predicted molar refractivity (Wildman–Crippen MR) is 79.6 cm³/mol. The van der Waals surface area contributed by atoms with Crippen LogP contribution in [0.5, 0.6) is 0 Å². The molecule has 110 valence electrons. The Morgan fingerprint density at radius 2 is 1.75 bits per heavy atom. The van der Waals surface area contributed by atoms with Crippen molar-refractivity contribution in [2.45, 2.75) is 46.8 Å². The van der Waals surface area contributed by atoms with E-state index in [1.165, 1.54) is 0 Å². The van der Waals surface area contributed by atoms with Crippen LogP contribution in [0.15, 0.2) is 24.5 Å². The number of pyridine rings is 1. The minimum Gasteiger partial charge on any atom is -0.301 e. The normalized spacial score (nSPS) is 12.8. The van der Waals surface area contributed by atoms with E-state index in [0.29, 0.717) is 5.44 Å². The number of nitrogens with zero attached hydrogens (tertiary/aromatic N) is 2. The first-order valence-electron chi connectivity index (χ1n) is 6.73. The Morgan fingerprint density at radius 1 is 1.15 bits per heavy atom. The number of hydrogen-bond acceptors (Lipinski definition) is 4. The van der Waals surface area contributed by atoms with Gasteiger partial charge in [0.2, 0.25) is 0 Å². The van der Waals surface area contributed by atoms with Gasteiger partial charge < -0.3 is 9.05 Å². The zero-order chi connectivity index (χ0) is 14.9. The first-order valence-corrected chi connectivity index (χ1v) is 8.27. The lowest BCUT2D eigenvalue weighted by atomic mass is 10.3. The summed E-state index contributed by atoms with van der Waals surface area (Å²) >= 11 is 0. The van der Waals surface area contributed by atoms with E-state index in [1.807, 2.05) is 52.9 Å². The van der Waals surface area contributed by atoms with Crippen LogP contribution in [0.25, 0.3) is 5.65 Å². The van der Waals surface area contributed by atoms with Gasteiger partial charge in [-0.3, -0.25) is 8.97 Å². The van der Waals surface area contributed by atoms with Crippen molar-refractivity contribution in [3.8, 4) is 0 Å². The van der Waals surface area contributed by atoms with Crippen LogP contribution in [0.3, 0.4) is 0 Å². The topological polar surface area (TPSA) is 52.8 Å². The molecule has 2 aromatic rings. The molecule has 0 radical (unpaired) electrons. The van der Waals surface area contributed by atoms with Gasteiger partial charge in [-0.15, -0.1) is 0 Å². The summed E-state index contributed by atoms with van der Waals surface area (Å²) < 4.78 is 26.1. The second-order valence-electron chi connectivity index (χ2n) is 5.36. The van der Waals surface area contributed by atoms with Crippen LogP contribution in [0.4, 0.5) is 0 Å². The van der Waals surface area contributed by atoms with Crippen molar-refractivity contribution in [1.29, 1.82) is 0 Å². The smallest absolute Gasteiger partial charge is 0.301 e. The Bertz CT molecular complexity index is 635. The lowest BCUT2D eigenvalue weighted by Crippen LogP contribution is -2.20. The average molecular weight is 296 g/mol. The monoisotopic (exact) mass is 296 g/mol. The lowest BCUT2D eigenvalue weighted by molar-refractivity contribution is 0.149. The third-order valence-corrected chi connectivity index (χ3v) is 4.90. The third kappa shape index (κ3) is 3.11. The van der Waals surface area contributed by atoms with E-state index in [9.17, 15) is 4.57 Å². The SMILES string of the molecule is Cc1ccc2ncc(P(=O)(OC(C)C)OC(C)C)n2c1. The highest BCUT2D eigenvalue weighted by molar-refractivity contribution is 7.62. The van der Waals surface area contributed by atoms with Gasteiger partial charge in [0.1, 0.15) is 5.65 Å². The molecule has 0 aliphatic rings. The summed E-state index contributed by atoms with van der Waals surface area (Å²) in [5, 5.41) is 0. The molecule has 6 heteroatoms. The van der Waals surface area contributed by atoms with Gasteiger partial charge in [0, 0.05) is 6.20 Å². The van der Waals surface area contributed by atoms with Gasteiger partial charge in [-0.05, 0) is 46.2 Å². The molecule has 0 spiro atoms. The third-order valence-electron chi connectivity index (χ3n) is 2.61. The Kier molecular flexibility index (Phi) is 4.33. The second kappa shape index (κ2) is 5.68. The molecular formula is C14H21N2O3P. The zero-order valence-corrected chi connectivity index (χ0v) is 13.4. The average Bonchev–Trinajstić information content (AvgIpc) is 2.69. The maximum absolute atomic E-state index is 13.1. The summed E-state index contributed by atoms with van der Waals surface area (Å²) in [4.78, 5) is 4.27. The standard InChI is InChI=1S/C14H21N2O3P/c1-10(2)18-20(17,19-11(3)4)14-8-15-13-7-6-12(5)9-16(13)14/h6-11H,1-5H3. The molecule has 0 atom stereocenters. The van der Waals surface area contributed by atoms with Crippen LogP contribution >= 0.6 is 7.60 Å². The molecule has 0 N–H and O–H groups in total. The maximum atomic E-state index is 13.1. The Labute approximate surface area is 119 Å². The maximum Gasteiger partial charge on any atom is 0.380 e. The summed E-state index contributed by atoms with van der Waals surface area (Å²) in [6.07, 6.45) is 3.06. The fourth-order valence-corrected chi connectivity index (χ4v) is 3.96. The molecule has 0 saturated carbocycles. The van der Waals surface area contributed by atoms with E-state index >= 15 is 0 Å². The minimum absolute atomic E-state index is 0.199. The number of aromatic nitrogens is 2. The molecule has 2 heterocycles. The molecule has 0 saturated heterocycles. The molecule has 0 unspecified atom stereocenters. The first kappa shape index (κ1) is 15.2. The number of fused-ring (bicyclic) bond motifs is 1. The number of rotatable bonds is 5. The van der Waals surface area contributed by atoms with Crippen molar-refractivity contribution in [2.75, 3.05) is 0 Å². The quantitative estimate of drug-likeness (QED) is 0.794. The van der Waals surface area contributed by atoms with Crippen molar-refractivity contribution in [2.24, 2.45) is 0 Å². The Hall–Kier alpha value is -1.16. The molecule has 0 aliphatic carbocycles. The Balaban J connectivity index is 2.56. The molecule has 2 aromatic heterocycles. The summed E-state index contributed by atoms with van der Waals surface area (Å²) in [6.45, 7) is 9.33. The molecule has 2 rings (SSSR count). The van der Waals surface area contributed by atoms with Crippen molar-refractivity contribution in [3.63, 3.8) is 0 Å². The fourth-order valence-electron chi connectivity index (χ4n) is 1.96. The van der Waals surface area contributed by atoms with E-state index in [4.69, 9.17) is 9.05 Å². The van der Waals surface area contributed by atoms with Crippen molar-refractivity contribution < 1.29 is 13.6 Å². The van der Waals surface area contributed by atoms with Crippen molar-refractivity contribution >= 4 is 18.7 Å². The number of hydrogen-bond donors (Lipinski definition) is 0. The predicted octanol–water partition coefficient (Wildman–Crippen LogP) is 3.31. The highest BCUT2D eigenvalue weighted by atomic mass is 31.2. The molecule has 5 nitrogen and oxygen atoms in total. The molecule has 20 heavy (non-hydrogen) atoms. The molecule has 0 aliphatic heterocycles. The summed E-state index contributed by atoms with van der Waals surface area (Å²) in [5.74, 6) is 0. The largest absolute Gasteiger partial charge is 0.380 e. The molecule has 0 aromatic carbocycles. The van der Waals surface area contributed by atoms with Crippen LogP contribution in [0, 0.1) is 6.92 Å². The molecule has 0 bridgehead atoms. The fraction of sp³-hybridized carbons (Fsp3) is 0.500. The van der Waals surface area contributed by atoms with Crippen molar-refractivity contribution in [1.82, 2.24) is 9.38 Å². The molecule has 0 amide bonds. The number of imidazole rings is 1. The van der Waals surface area contributed by atoms with E-state index in [0.717, 1.165) is 11.2 Å². The Morgan fingerprint density at radius 3 is 2.30 bits per heavy atom. The summed E-state index contributed by atoms with van der Waals surface area (Å²) in [6, 6.07) is 3.84. The number of aryl methyl sites for hydroxylation is 1. The van der Waals surface area contributed by atoms with Crippen LogP contribution < -0.4 is 5.44 Å². The lowest BCUT2D eigenvalue weighted by Gasteiger charge is -2.22. The van der Waals surface area contributed by atoms with Gasteiger partial charge in [0.05, 0.1) is 18.4 Å². The van der Waals surface area contributed by atoms with E-state index < -0.39 is 7.60 Å². The van der Waals surface area contributed by atoms with Gasteiger partial charge >= 0.3 is 7.60 Å². The second-order valence-corrected chi connectivity index (χ2v) is 7.23. The van der Waals surface area contributed by atoms with Crippen LogP contribution in [-0.2, 0) is 13.6 Å². The zero-order valence-electron chi connectivity index (χ0n) is 12.5. The van der Waals surface area contributed by atoms with E-state index in [-0.39, 0.29) is 12.2 Å². The van der Waals surface area contributed by atoms with E-state index in [2.05, 4.69) is 4.98 Å². The highest BCUT2D eigenvalue weighted by Gasteiger charge is 2.33. The molecular weight excluding hydrogens is 275 g/mol. The minimum atomic E-state index is -3.40. The van der Waals surface area contributed by atoms with Crippen molar-refractivity contribution in [3.05, 3.63) is 30.1 Å². The highest BCUT2D eigenvalue weighted by Crippen LogP contribution is 2.49. The van der Waals surface area contributed by atoms with Gasteiger partial charge in [-0.1, -0.05) is 6.07 Å². The first-order chi connectivity index (χ1) is 9.32. The van der Waals surface area contributed by atoms with Crippen LogP contribution in [-0.4, -0.2) is 21.6 Å². The van der Waals surface area contributed by atoms with Gasteiger partial charge in [-0.2, -0.15) is 0 Å². The van der Waals surface area contributed by atoms with Crippen LogP contribution in [0.1, 0.15) is 33.3 Å². The summed E-state index contributed by atoms with van der Waals surface area (Å²) in [5.41, 5.74) is 2.25.